The monoisotopic (exact) mass is 350 g/mol. The summed E-state index contributed by atoms with van der Waals surface area (Å²) in [4.78, 5) is 28.5. The summed E-state index contributed by atoms with van der Waals surface area (Å²) in [7, 11) is 0. The Morgan fingerprint density at radius 2 is 2.08 bits per heavy atom. The van der Waals surface area contributed by atoms with E-state index in [9.17, 15) is 14.7 Å². The molecule has 1 fully saturated rings. The standard InChI is InChI=1S/C18H26N2O5/c1-6-24-13-9-18(16(22)23,17(13,4)5)20-15(21)12-7-8-14(19-10-12)25-11(2)3/h7-8,10-11,13H,6,9H2,1-5H3,(H,20,21)(H,22,23). The number of rotatable bonds is 7. The number of carboxylic acid groups (broad SMARTS) is 1. The summed E-state index contributed by atoms with van der Waals surface area (Å²) in [5.74, 6) is -1.12. The third-order valence-corrected chi connectivity index (χ3v) is 4.81. The van der Waals surface area contributed by atoms with Crippen molar-refractivity contribution in [1.82, 2.24) is 10.3 Å². The number of ether oxygens (including phenoxy) is 2. The summed E-state index contributed by atoms with van der Waals surface area (Å²) in [5.41, 5.74) is -1.80. The van der Waals surface area contributed by atoms with Gasteiger partial charge in [0.05, 0.1) is 17.8 Å². The number of nitrogens with one attached hydrogen (secondary N) is 1. The highest BCUT2D eigenvalue weighted by molar-refractivity contribution is 5.98. The first-order valence-electron chi connectivity index (χ1n) is 8.44. The molecule has 2 atom stereocenters. The Hall–Kier alpha value is -2.15. The summed E-state index contributed by atoms with van der Waals surface area (Å²) >= 11 is 0. The number of carboxylic acids is 1. The molecule has 0 aliphatic heterocycles. The molecule has 2 rings (SSSR count). The summed E-state index contributed by atoms with van der Waals surface area (Å²) in [5, 5.41) is 12.4. The molecule has 0 saturated heterocycles. The maximum absolute atomic E-state index is 12.5. The van der Waals surface area contributed by atoms with Crippen molar-refractivity contribution >= 4 is 11.9 Å². The maximum Gasteiger partial charge on any atom is 0.330 e. The molecule has 1 aliphatic carbocycles. The third kappa shape index (κ3) is 3.46. The van der Waals surface area contributed by atoms with Gasteiger partial charge in [-0.15, -0.1) is 0 Å². The molecule has 7 heteroatoms. The van der Waals surface area contributed by atoms with Gasteiger partial charge in [-0.1, -0.05) is 13.8 Å². The normalized spacial score (nSPS) is 24.5. The quantitative estimate of drug-likeness (QED) is 0.783. The maximum atomic E-state index is 12.5. The first kappa shape index (κ1) is 19.2. The highest BCUT2D eigenvalue weighted by Crippen LogP contribution is 2.51. The number of aliphatic carboxylic acids is 1. The van der Waals surface area contributed by atoms with Crippen molar-refractivity contribution in [3.63, 3.8) is 0 Å². The molecule has 1 amide bonds. The Morgan fingerprint density at radius 1 is 1.40 bits per heavy atom. The van der Waals surface area contributed by atoms with Crippen molar-refractivity contribution in [3.8, 4) is 5.88 Å². The molecule has 1 aliphatic rings. The molecule has 138 valence electrons. The minimum atomic E-state index is -1.36. The molecule has 0 bridgehead atoms. The molecular weight excluding hydrogens is 324 g/mol. The van der Waals surface area contributed by atoms with E-state index in [1.165, 1.54) is 6.20 Å². The predicted molar refractivity (Wildman–Crippen MR) is 91.6 cm³/mol. The van der Waals surface area contributed by atoms with Gasteiger partial charge in [-0.05, 0) is 26.8 Å². The third-order valence-electron chi connectivity index (χ3n) is 4.81. The molecule has 0 spiro atoms. The van der Waals surface area contributed by atoms with Crippen LogP contribution < -0.4 is 10.1 Å². The zero-order valence-corrected chi connectivity index (χ0v) is 15.3. The van der Waals surface area contributed by atoms with E-state index < -0.39 is 22.8 Å². The molecule has 7 nitrogen and oxygen atoms in total. The second-order valence-corrected chi connectivity index (χ2v) is 7.09. The van der Waals surface area contributed by atoms with Crippen molar-refractivity contribution in [2.45, 2.75) is 58.8 Å². The first-order valence-corrected chi connectivity index (χ1v) is 8.44. The van der Waals surface area contributed by atoms with Gasteiger partial charge in [-0.2, -0.15) is 0 Å². The van der Waals surface area contributed by atoms with Gasteiger partial charge in [0, 0.05) is 30.7 Å². The van der Waals surface area contributed by atoms with Crippen LogP contribution in [0.5, 0.6) is 5.88 Å². The van der Waals surface area contributed by atoms with Gasteiger partial charge in [0.25, 0.3) is 5.91 Å². The molecule has 0 aromatic carbocycles. The average molecular weight is 350 g/mol. The minimum Gasteiger partial charge on any atom is -0.479 e. The highest BCUT2D eigenvalue weighted by Gasteiger charge is 2.66. The van der Waals surface area contributed by atoms with Gasteiger partial charge in [0.2, 0.25) is 5.88 Å². The van der Waals surface area contributed by atoms with E-state index in [1.54, 1.807) is 26.0 Å². The van der Waals surface area contributed by atoms with E-state index >= 15 is 0 Å². The Balaban J connectivity index is 2.15. The SMILES string of the molecule is CCOC1CC(NC(=O)c2ccc(OC(C)C)nc2)(C(=O)O)C1(C)C. The number of hydrogen-bond donors (Lipinski definition) is 2. The lowest BCUT2D eigenvalue weighted by molar-refractivity contribution is -0.190. The number of carbonyl (C=O) groups excluding carboxylic acids is 1. The summed E-state index contributed by atoms with van der Waals surface area (Å²) in [6.45, 7) is 9.71. The van der Waals surface area contributed by atoms with Crippen LogP contribution in [-0.4, -0.2) is 46.3 Å². The van der Waals surface area contributed by atoms with Crippen LogP contribution in [0, 0.1) is 5.41 Å². The van der Waals surface area contributed by atoms with Crippen LogP contribution in [0.3, 0.4) is 0 Å². The van der Waals surface area contributed by atoms with Crippen molar-refractivity contribution in [3.05, 3.63) is 23.9 Å². The fourth-order valence-electron chi connectivity index (χ4n) is 3.13. The van der Waals surface area contributed by atoms with Crippen LogP contribution in [0.4, 0.5) is 0 Å². The lowest BCUT2D eigenvalue weighted by Crippen LogP contribution is -2.76. The van der Waals surface area contributed by atoms with Crippen molar-refractivity contribution in [1.29, 1.82) is 0 Å². The van der Waals surface area contributed by atoms with E-state index in [-0.39, 0.29) is 24.2 Å². The molecule has 1 saturated carbocycles. The lowest BCUT2D eigenvalue weighted by atomic mass is 9.54. The summed E-state index contributed by atoms with van der Waals surface area (Å²) < 4.78 is 11.0. The predicted octanol–water partition coefficient (Wildman–Crippen LogP) is 2.26. The Morgan fingerprint density at radius 3 is 2.52 bits per heavy atom. The second-order valence-electron chi connectivity index (χ2n) is 7.09. The minimum absolute atomic E-state index is 0.0197. The zero-order valence-electron chi connectivity index (χ0n) is 15.3. The Labute approximate surface area is 147 Å². The van der Waals surface area contributed by atoms with Crippen LogP contribution >= 0.6 is 0 Å². The molecule has 0 radical (unpaired) electrons. The van der Waals surface area contributed by atoms with E-state index in [1.807, 2.05) is 20.8 Å². The van der Waals surface area contributed by atoms with Crippen LogP contribution in [-0.2, 0) is 9.53 Å². The van der Waals surface area contributed by atoms with Crippen molar-refractivity contribution in [2.24, 2.45) is 5.41 Å². The Kier molecular flexibility index (Phi) is 5.37. The Bertz CT molecular complexity index is 641. The van der Waals surface area contributed by atoms with Crippen LogP contribution in [0.25, 0.3) is 0 Å². The van der Waals surface area contributed by atoms with Crippen molar-refractivity contribution < 1.29 is 24.2 Å². The summed E-state index contributed by atoms with van der Waals surface area (Å²) in [6.07, 6.45) is 1.38. The lowest BCUT2D eigenvalue weighted by Gasteiger charge is -2.58. The molecule has 1 aromatic rings. The highest BCUT2D eigenvalue weighted by atomic mass is 16.5. The van der Waals surface area contributed by atoms with Gasteiger partial charge in [-0.3, -0.25) is 4.79 Å². The number of pyridine rings is 1. The fourth-order valence-corrected chi connectivity index (χ4v) is 3.13. The molecule has 2 unspecified atom stereocenters. The second kappa shape index (κ2) is 7.00. The smallest absolute Gasteiger partial charge is 0.330 e. The number of nitrogens with zero attached hydrogens (tertiary/aromatic N) is 1. The topological polar surface area (TPSA) is 97.8 Å². The molecular formula is C18H26N2O5. The van der Waals surface area contributed by atoms with E-state index in [0.29, 0.717) is 12.5 Å². The average Bonchev–Trinajstić information content (AvgIpc) is 2.53. The summed E-state index contributed by atoms with van der Waals surface area (Å²) in [6, 6.07) is 3.17. The number of aromatic nitrogens is 1. The van der Waals surface area contributed by atoms with Crippen LogP contribution in [0.15, 0.2) is 18.3 Å². The van der Waals surface area contributed by atoms with Gasteiger partial charge < -0.3 is 19.9 Å². The molecule has 1 aromatic heterocycles. The van der Waals surface area contributed by atoms with Gasteiger partial charge in [0.1, 0.15) is 5.54 Å². The molecule has 2 N–H and O–H groups in total. The van der Waals surface area contributed by atoms with Crippen LogP contribution in [0.1, 0.15) is 51.4 Å². The number of carbonyl (C=O) groups is 2. The first-order chi connectivity index (χ1) is 11.6. The largest absolute Gasteiger partial charge is 0.479 e. The van der Waals surface area contributed by atoms with Gasteiger partial charge in [0.15, 0.2) is 0 Å². The van der Waals surface area contributed by atoms with Gasteiger partial charge >= 0.3 is 5.97 Å². The van der Waals surface area contributed by atoms with E-state index in [2.05, 4.69) is 10.3 Å². The van der Waals surface area contributed by atoms with Gasteiger partial charge in [-0.25, -0.2) is 9.78 Å². The molecule has 25 heavy (non-hydrogen) atoms. The van der Waals surface area contributed by atoms with Crippen molar-refractivity contribution in [2.75, 3.05) is 6.61 Å². The zero-order chi connectivity index (χ0) is 18.8. The number of amides is 1. The molecule has 1 heterocycles. The number of hydrogen-bond acceptors (Lipinski definition) is 5. The van der Waals surface area contributed by atoms with E-state index in [4.69, 9.17) is 9.47 Å². The van der Waals surface area contributed by atoms with Crippen LogP contribution in [0.2, 0.25) is 0 Å². The van der Waals surface area contributed by atoms with E-state index in [0.717, 1.165) is 0 Å². The fraction of sp³-hybridized carbons (Fsp3) is 0.611.